The smallest absolute Gasteiger partial charge is 0.328 e. The Morgan fingerprint density at radius 1 is 1.12 bits per heavy atom. The first-order valence-corrected chi connectivity index (χ1v) is 10.8. The largest absolute Gasteiger partial charge is 0.480 e. The van der Waals surface area contributed by atoms with Gasteiger partial charge in [-0.05, 0) is 12.8 Å². The molecule has 0 saturated heterocycles. The van der Waals surface area contributed by atoms with Crippen molar-refractivity contribution in [1.29, 1.82) is 0 Å². The quantitative estimate of drug-likeness (QED) is 0.153. The van der Waals surface area contributed by atoms with Crippen LogP contribution >= 0.6 is 12.6 Å². The van der Waals surface area contributed by atoms with Gasteiger partial charge in [0.1, 0.15) is 12.1 Å². The van der Waals surface area contributed by atoms with Crippen molar-refractivity contribution >= 4 is 36.3 Å². The lowest BCUT2D eigenvalue weighted by Crippen LogP contribution is -2.60. The van der Waals surface area contributed by atoms with Gasteiger partial charge in [0, 0.05) is 24.1 Å². The number of carboxylic acids is 1. The minimum atomic E-state index is -1.57. The van der Waals surface area contributed by atoms with Crippen molar-refractivity contribution in [2.45, 2.75) is 63.9 Å². The van der Waals surface area contributed by atoms with Gasteiger partial charge >= 0.3 is 5.97 Å². The molecule has 8 N–H and O–H groups in total. The van der Waals surface area contributed by atoms with E-state index in [4.69, 9.17) is 5.73 Å². The number of thiol groups is 1. The first-order chi connectivity index (χ1) is 15.0. The molecule has 12 nitrogen and oxygen atoms in total. The molecule has 6 unspecified atom stereocenters. The van der Waals surface area contributed by atoms with Gasteiger partial charge in [-0.2, -0.15) is 12.6 Å². The average molecular weight is 473 g/mol. The highest BCUT2D eigenvalue weighted by molar-refractivity contribution is 7.80. The summed E-state index contributed by atoms with van der Waals surface area (Å²) in [4.78, 5) is 56.1. The van der Waals surface area contributed by atoms with E-state index in [-0.39, 0.29) is 18.1 Å². The Morgan fingerprint density at radius 3 is 2.22 bits per heavy atom. The van der Waals surface area contributed by atoms with E-state index in [1.807, 2.05) is 6.92 Å². The maximum Gasteiger partial charge on any atom is 0.328 e. The van der Waals surface area contributed by atoms with Crippen LogP contribution < -0.4 is 21.7 Å². The van der Waals surface area contributed by atoms with E-state index in [1.165, 1.54) is 19.4 Å². The second-order valence-corrected chi connectivity index (χ2v) is 7.93. The number of H-pyrrole nitrogens is 1. The normalized spacial score (nSPS) is 16.7. The second-order valence-electron chi connectivity index (χ2n) is 7.57. The van der Waals surface area contributed by atoms with E-state index in [0.29, 0.717) is 12.1 Å². The number of aromatic amines is 1. The predicted octanol–water partition coefficient (Wildman–Crippen LogP) is -1.82. The number of hydrogen-bond donors (Lipinski definition) is 8. The van der Waals surface area contributed by atoms with Gasteiger partial charge in [-0.25, -0.2) is 9.78 Å². The van der Waals surface area contributed by atoms with Crippen LogP contribution in [0.4, 0.5) is 0 Å². The van der Waals surface area contributed by atoms with Crippen LogP contribution in [-0.2, 0) is 25.6 Å². The molecule has 180 valence electrons. The Hall–Kier alpha value is -2.64. The van der Waals surface area contributed by atoms with Crippen LogP contribution in [0.25, 0.3) is 0 Å². The summed E-state index contributed by atoms with van der Waals surface area (Å²) in [6.45, 7) is 4.82. The number of hydrogen-bond acceptors (Lipinski definition) is 8. The lowest BCUT2D eigenvalue weighted by Gasteiger charge is -2.28. The number of aliphatic hydroxyl groups excluding tert-OH is 1. The van der Waals surface area contributed by atoms with E-state index in [9.17, 15) is 29.4 Å². The number of aliphatic carboxylic acids is 1. The first kappa shape index (κ1) is 27.4. The Balaban J connectivity index is 3.09. The maximum atomic E-state index is 13.0. The highest BCUT2D eigenvalue weighted by Gasteiger charge is 2.33. The molecule has 3 amide bonds. The number of rotatable bonds is 13. The van der Waals surface area contributed by atoms with Crippen LogP contribution in [-0.4, -0.2) is 79.9 Å². The van der Waals surface area contributed by atoms with Crippen molar-refractivity contribution in [2.75, 3.05) is 5.75 Å². The van der Waals surface area contributed by atoms with Gasteiger partial charge < -0.3 is 36.9 Å². The van der Waals surface area contributed by atoms with Gasteiger partial charge in [-0.1, -0.05) is 20.3 Å². The summed E-state index contributed by atoms with van der Waals surface area (Å²) in [6, 6.07) is -4.67. The molecule has 0 aliphatic rings. The first-order valence-electron chi connectivity index (χ1n) is 10.2. The minimum Gasteiger partial charge on any atom is -0.480 e. The highest BCUT2D eigenvalue weighted by Crippen LogP contribution is 2.10. The van der Waals surface area contributed by atoms with Crippen molar-refractivity contribution in [3.05, 3.63) is 18.2 Å². The molecule has 32 heavy (non-hydrogen) atoms. The molecule has 0 aliphatic heterocycles. The Morgan fingerprint density at radius 2 is 1.75 bits per heavy atom. The maximum absolute atomic E-state index is 13.0. The summed E-state index contributed by atoms with van der Waals surface area (Å²) in [5.74, 6) is -3.64. The summed E-state index contributed by atoms with van der Waals surface area (Å²) in [5.41, 5.74) is 6.19. The van der Waals surface area contributed by atoms with E-state index in [1.54, 1.807) is 6.92 Å². The molecule has 1 rings (SSSR count). The molecule has 1 heterocycles. The van der Waals surface area contributed by atoms with Crippen LogP contribution in [0.15, 0.2) is 12.5 Å². The molecule has 13 heteroatoms. The third kappa shape index (κ3) is 8.13. The fraction of sp³-hybridized carbons (Fsp3) is 0.632. The molecule has 0 bridgehead atoms. The number of carbonyl (C=O) groups is 4. The summed E-state index contributed by atoms with van der Waals surface area (Å²) in [7, 11) is 0. The van der Waals surface area contributed by atoms with Crippen LogP contribution in [0.3, 0.4) is 0 Å². The second kappa shape index (κ2) is 13.0. The Kier molecular flexibility index (Phi) is 11.2. The lowest BCUT2D eigenvalue weighted by molar-refractivity contribution is -0.145. The van der Waals surface area contributed by atoms with Crippen LogP contribution in [0.5, 0.6) is 0 Å². The number of amides is 3. The number of carboxylic acid groups (broad SMARTS) is 1. The molecule has 1 aromatic rings. The number of nitrogens with one attached hydrogen (secondary N) is 4. The fourth-order valence-electron chi connectivity index (χ4n) is 2.77. The number of carbonyl (C=O) groups excluding carboxylic acids is 3. The van der Waals surface area contributed by atoms with Crippen molar-refractivity contribution in [2.24, 2.45) is 11.7 Å². The minimum absolute atomic E-state index is 0.0267. The average Bonchev–Trinajstić information content (AvgIpc) is 3.26. The topological polar surface area (TPSA) is 200 Å². The number of nitrogens with two attached hydrogens (primary N) is 1. The molecule has 0 fully saturated rings. The number of nitrogens with zero attached hydrogens (tertiary/aromatic N) is 1. The summed E-state index contributed by atoms with van der Waals surface area (Å²) in [6.07, 6.45) is 2.00. The third-order valence-corrected chi connectivity index (χ3v) is 5.38. The van der Waals surface area contributed by atoms with E-state index in [2.05, 4.69) is 38.5 Å². The van der Waals surface area contributed by atoms with E-state index >= 15 is 0 Å². The molecule has 0 radical (unpaired) electrons. The molecule has 0 aromatic carbocycles. The lowest BCUT2D eigenvalue weighted by atomic mass is 9.97. The molecule has 1 aromatic heterocycles. The van der Waals surface area contributed by atoms with Gasteiger partial charge in [0.15, 0.2) is 6.04 Å². The standard InChI is InChI=1S/C19H32N6O6S/c1-4-9(2)14(24-16(27)12(20)7-32)18(29)23-13(5-11-6-21-8-22-11)17(28)25-15(10(3)26)19(30)31/h6,8-10,12-15,26,32H,4-5,7,20H2,1-3H3,(H,21,22)(H,23,29)(H,24,27)(H,25,28)(H,30,31). The van der Waals surface area contributed by atoms with Crippen molar-refractivity contribution in [1.82, 2.24) is 25.9 Å². The predicted molar refractivity (Wildman–Crippen MR) is 119 cm³/mol. The van der Waals surface area contributed by atoms with Crippen LogP contribution in [0.1, 0.15) is 32.9 Å². The monoisotopic (exact) mass is 472 g/mol. The van der Waals surface area contributed by atoms with Gasteiger partial charge in [0.05, 0.1) is 18.5 Å². The Bertz CT molecular complexity index is 774. The van der Waals surface area contributed by atoms with E-state index in [0.717, 1.165) is 0 Å². The van der Waals surface area contributed by atoms with Gasteiger partial charge in [-0.15, -0.1) is 0 Å². The molecular formula is C19H32N6O6S. The van der Waals surface area contributed by atoms with Gasteiger partial charge in [0.25, 0.3) is 0 Å². The zero-order valence-electron chi connectivity index (χ0n) is 18.2. The summed E-state index contributed by atoms with van der Waals surface area (Å²) >= 11 is 3.98. The van der Waals surface area contributed by atoms with Crippen molar-refractivity contribution in [3.8, 4) is 0 Å². The van der Waals surface area contributed by atoms with Crippen LogP contribution in [0, 0.1) is 5.92 Å². The number of aliphatic hydroxyl groups is 1. The van der Waals surface area contributed by atoms with Gasteiger partial charge in [0.2, 0.25) is 17.7 Å². The van der Waals surface area contributed by atoms with Crippen molar-refractivity contribution in [3.63, 3.8) is 0 Å². The van der Waals surface area contributed by atoms with Gasteiger partial charge in [-0.3, -0.25) is 14.4 Å². The number of aromatic nitrogens is 2. The summed E-state index contributed by atoms with van der Waals surface area (Å²) in [5, 5.41) is 26.3. The van der Waals surface area contributed by atoms with Crippen molar-refractivity contribution < 1.29 is 29.4 Å². The molecule has 0 spiro atoms. The highest BCUT2D eigenvalue weighted by atomic mass is 32.1. The zero-order valence-corrected chi connectivity index (χ0v) is 19.1. The Labute approximate surface area is 191 Å². The van der Waals surface area contributed by atoms with Crippen LogP contribution in [0.2, 0.25) is 0 Å². The zero-order chi connectivity index (χ0) is 24.4. The molecular weight excluding hydrogens is 440 g/mol. The third-order valence-electron chi connectivity index (χ3n) is 4.98. The summed E-state index contributed by atoms with van der Waals surface area (Å²) < 4.78 is 0. The SMILES string of the molecule is CCC(C)C(NC(=O)C(N)CS)C(=O)NC(Cc1cnc[nH]1)C(=O)NC(C(=O)O)C(C)O. The molecule has 0 saturated carbocycles. The number of imidazole rings is 1. The molecule has 0 aliphatic carbocycles. The molecule has 6 atom stereocenters. The fourth-order valence-corrected chi connectivity index (χ4v) is 2.94. The van der Waals surface area contributed by atoms with E-state index < -0.39 is 54.0 Å².